The van der Waals surface area contributed by atoms with E-state index >= 15 is 0 Å². The average Bonchev–Trinajstić information content (AvgIpc) is 3.10. The summed E-state index contributed by atoms with van der Waals surface area (Å²) >= 11 is 0. The Kier molecular flexibility index (Phi) is 3.82. The molecule has 1 saturated carbocycles. The van der Waals surface area contributed by atoms with Crippen LogP contribution in [-0.4, -0.2) is 31.5 Å². The van der Waals surface area contributed by atoms with Gasteiger partial charge in [0.05, 0.1) is 0 Å². The van der Waals surface area contributed by atoms with Crippen LogP contribution in [-0.2, 0) is 17.5 Å². The van der Waals surface area contributed by atoms with Crippen molar-refractivity contribution >= 4 is 17.1 Å². The molecule has 2 aromatic rings. The van der Waals surface area contributed by atoms with Crippen LogP contribution >= 0.6 is 0 Å². The zero-order valence-corrected chi connectivity index (χ0v) is 12.0. The molecule has 0 saturated heterocycles. The van der Waals surface area contributed by atoms with Crippen LogP contribution in [0.2, 0.25) is 0 Å². The molecule has 1 fully saturated rings. The molecule has 23 heavy (non-hydrogen) atoms. The summed E-state index contributed by atoms with van der Waals surface area (Å²) in [5, 5.41) is 2.80. The smallest absolute Gasteiger partial charge is 0.352 e. The molecule has 2 aromatic heterocycles. The van der Waals surface area contributed by atoms with Crippen LogP contribution in [0.4, 0.5) is 13.2 Å². The van der Waals surface area contributed by atoms with Crippen molar-refractivity contribution in [1.82, 2.24) is 24.8 Å². The lowest BCUT2D eigenvalue weighted by atomic mass is 10.2. The van der Waals surface area contributed by atoms with Crippen molar-refractivity contribution in [3.05, 3.63) is 22.5 Å². The molecule has 0 radical (unpaired) electrons. The van der Waals surface area contributed by atoms with Crippen molar-refractivity contribution < 1.29 is 18.0 Å². The Morgan fingerprint density at radius 3 is 2.74 bits per heavy atom. The Labute approximate surface area is 127 Å². The van der Waals surface area contributed by atoms with Gasteiger partial charge in [0.15, 0.2) is 11.2 Å². The Hall–Kier alpha value is -2.39. The van der Waals surface area contributed by atoms with Gasteiger partial charge in [0.1, 0.15) is 12.9 Å². The topological polar surface area (TPSA) is 92.7 Å². The van der Waals surface area contributed by atoms with Crippen molar-refractivity contribution in [3.8, 4) is 0 Å². The number of carbonyl (C=O) groups excluding carboxylic acids is 1. The number of carbonyl (C=O) groups is 1. The molecule has 1 aliphatic carbocycles. The molecular weight excluding hydrogens is 315 g/mol. The van der Waals surface area contributed by atoms with E-state index in [-0.39, 0.29) is 29.7 Å². The second-order valence-electron chi connectivity index (χ2n) is 5.51. The minimum Gasteiger partial charge on any atom is -0.352 e. The van der Waals surface area contributed by atoms with Crippen molar-refractivity contribution in [3.63, 3.8) is 0 Å². The third-order valence-electron chi connectivity index (χ3n) is 3.78. The molecule has 0 bridgehead atoms. The standard InChI is InChI=1S/C13H14F3N5O2/c14-13(15,16)12-19-9-10(20-12)17-6-21(11(9)23)5-8(22)18-7-3-1-2-4-7/h6-7H,1-5H2,(H,18,22)(H,19,20). The second-order valence-corrected chi connectivity index (χ2v) is 5.51. The van der Waals surface area contributed by atoms with E-state index in [1.807, 2.05) is 4.98 Å². The van der Waals surface area contributed by atoms with Gasteiger partial charge in [0.2, 0.25) is 11.7 Å². The van der Waals surface area contributed by atoms with Gasteiger partial charge in [0, 0.05) is 6.04 Å². The number of rotatable bonds is 3. The first-order valence-corrected chi connectivity index (χ1v) is 7.16. The van der Waals surface area contributed by atoms with Crippen molar-refractivity contribution in [2.75, 3.05) is 0 Å². The van der Waals surface area contributed by atoms with Gasteiger partial charge in [-0.1, -0.05) is 12.8 Å². The van der Waals surface area contributed by atoms with Gasteiger partial charge in [-0.25, -0.2) is 9.97 Å². The van der Waals surface area contributed by atoms with Crippen LogP contribution in [0.3, 0.4) is 0 Å². The van der Waals surface area contributed by atoms with E-state index in [1.54, 1.807) is 0 Å². The van der Waals surface area contributed by atoms with E-state index < -0.39 is 17.6 Å². The molecule has 0 aliphatic heterocycles. The number of aromatic amines is 1. The number of amides is 1. The SMILES string of the molecule is O=C(Cn1cnc2nc(C(F)(F)F)[nH]c2c1=O)NC1CCCC1. The Morgan fingerprint density at radius 1 is 1.39 bits per heavy atom. The first kappa shape index (κ1) is 15.5. The summed E-state index contributed by atoms with van der Waals surface area (Å²) in [6.45, 7) is -0.293. The van der Waals surface area contributed by atoms with Crippen molar-refractivity contribution in [2.45, 2.75) is 44.4 Å². The zero-order valence-electron chi connectivity index (χ0n) is 12.0. The van der Waals surface area contributed by atoms with Gasteiger partial charge >= 0.3 is 6.18 Å². The van der Waals surface area contributed by atoms with E-state index in [4.69, 9.17) is 0 Å². The summed E-state index contributed by atoms with van der Waals surface area (Å²) in [4.78, 5) is 32.9. The number of H-pyrrole nitrogens is 1. The predicted octanol–water partition coefficient (Wildman–Crippen LogP) is 1.20. The lowest BCUT2D eigenvalue weighted by Gasteiger charge is -2.12. The van der Waals surface area contributed by atoms with Gasteiger partial charge in [0.25, 0.3) is 5.56 Å². The van der Waals surface area contributed by atoms with Crippen LogP contribution in [0.15, 0.2) is 11.1 Å². The number of imidazole rings is 1. The fourth-order valence-electron chi connectivity index (χ4n) is 2.67. The monoisotopic (exact) mass is 329 g/mol. The molecule has 2 heterocycles. The van der Waals surface area contributed by atoms with Crippen LogP contribution in [0.1, 0.15) is 31.5 Å². The first-order chi connectivity index (χ1) is 10.8. The fourth-order valence-corrected chi connectivity index (χ4v) is 2.67. The van der Waals surface area contributed by atoms with Crippen LogP contribution in [0.25, 0.3) is 11.2 Å². The molecule has 0 spiro atoms. The number of hydrogen-bond acceptors (Lipinski definition) is 4. The summed E-state index contributed by atoms with van der Waals surface area (Å²) in [6, 6.07) is 0.0962. The van der Waals surface area contributed by atoms with Crippen molar-refractivity contribution in [1.29, 1.82) is 0 Å². The van der Waals surface area contributed by atoms with E-state index in [9.17, 15) is 22.8 Å². The molecule has 124 valence electrons. The van der Waals surface area contributed by atoms with E-state index in [1.165, 1.54) is 0 Å². The minimum absolute atomic E-state index is 0.0962. The summed E-state index contributed by atoms with van der Waals surface area (Å²) in [7, 11) is 0. The van der Waals surface area contributed by atoms with E-state index in [2.05, 4.69) is 15.3 Å². The third-order valence-corrected chi connectivity index (χ3v) is 3.78. The quantitative estimate of drug-likeness (QED) is 0.885. The lowest BCUT2D eigenvalue weighted by Crippen LogP contribution is -2.37. The number of halogens is 3. The predicted molar refractivity (Wildman–Crippen MR) is 73.5 cm³/mol. The average molecular weight is 329 g/mol. The summed E-state index contributed by atoms with van der Waals surface area (Å²) < 4.78 is 38.8. The summed E-state index contributed by atoms with van der Waals surface area (Å²) in [6.07, 6.45) is 0.220. The number of hydrogen-bond donors (Lipinski definition) is 2. The van der Waals surface area contributed by atoms with Gasteiger partial charge in [-0.3, -0.25) is 14.2 Å². The molecule has 1 amide bonds. The highest BCUT2D eigenvalue weighted by atomic mass is 19.4. The molecule has 0 atom stereocenters. The fraction of sp³-hybridized carbons (Fsp3) is 0.538. The number of nitrogens with one attached hydrogen (secondary N) is 2. The number of fused-ring (bicyclic) bond motifs is 1. The molecule has 0 unspecified atom stereocenters. The Morgan fingerprint density at radius 2 is 2.09 bits per heavy atom. The third kappa shape index (κ3) is 3.20. The van der Waals surface area contributed by atoms with Crippen LogP contribution < -0.4 is 10.9 Å². The lowest BCUT2D eigenvalue weighted by molar-refractivity contribution is -0.144. The van der Waals surface area contributed by atoms with Crippen molar-refractivity contribution in [2.24, 2.45) is 0 Å². The second kappa shape index (κ2) is 5.67. The van der Waals surface area contributed by atoms with E-state index in [0.717, 1.165) is 36.6 Å². The van der Waals surface area contributed by atoms with Gasteiger partial charge < -0.3 is 10.3 Å². The van der Waals surface area contributed by atoms with Gasteiger partial charge in [-0.05, 0) is 12.8 Å². The molecular formula is C13H14F3N5O2. The molecule has 10 heteroatoms. The molecule has 0 aromatic carbocycles. The zero-order chi connectivity index (χ0) is 16.6. The van der Waals surface area contributed by atoms with Crippen LogP contribution in [0.5, 0.6) is 0 Å². The summed E-state index contributed by atoms with van der Waals surface area (Å²) in [5.41, 5.74) is -1.46. The Balaban J connectivity index is 1.82. The molecule has 3 rings (SSSR count). The molecule has 2 N–H and O–H groups in total. The van der Waals surface area contributed by atoms with Gasteiger partial charge in [-0.2, -0.15) is 13.2 Å². The first-order valence-electron chi connectivity index (χ1n) is 7.16. The maximum atomic E-state index is 12.6. The number of aromatic nitrogens is 4. The highest BCUT2D eigenvalue weighted by molar-refractivity contribution is 5.76. The summed E-state index contributed by atoms with van der Waals surface area (Å²) in [5.74, 6) is -1.65. The maximum Gasteiger partial charge on any atom is 0.449 e. The normalized spacial score (nSPS) is 16.1. The minimum atomic E-state index is -4.70. The highest BCUT2D eigenvalue weighted by Crippen LogP contribution is 2.27. The van der Waals surface area contributed by atoms with E-state index in [0.29, 0.717) is 0 Å². The molecule has 1 aliphatic rings. The molecule has 7 nitrogen and oxygen atoms in total. The van der Waals surface area contributed by atoms with Crippen LogP contribution in [0, 0.1) is 0 Å². The number of alkyl halides is 3. The highest BCUT2D eigenvalue weighted by Gasteiger charge is 2.35. The Bertz CT molecular complexity index is 789. The largest absolute Gasteiger partial charge is 0.449 e. The maximum absolute atomic E-state index is 12.6. The number of nitrogens with zero attached hydrogens (tertiary/aromatic N) is 3. The van der Waals surface area contributed by atoms with Gasteiger partial charge in [-0.15, -0.1) is 0 Å².